The van der Waals surface area contributed by atoms with Gasteiger partial charge in [-0.05, 0) is 42.7 Å². The molecule has 2 aromatic carbocycles. The van der Waals surface area contributed by atoms with Gasteiger partial charge in [0.1, 0.15) is 23.9 Å². The van der Waals surface area contributed by atoms with Crippen LogP contribution in [0.4, 0.5) is 0 Å². The summed E-state index contributed by atoms with van der Waals surface area (Å²) in [5.74, 6) is -5.17. The third-order valence-corrected chi connectivity index (χ3v) is 6.54. The molecular formula is C28H34N6O8. The highest BCUT2D eigenvalue weighted by Crippen LogP contribution is 2.19. The summed E-state index contributed by atoms with van der Waals surface area (Å²) < 4.78 is 0. The molecule has 0 aliphatic carbocycles. The van der Waals surface area contributed by atoms with Crippen molar-refractivity contribution in [2.45, 2.75) is 56.5 Å². The van der Waals surface area contributed by atoms with Gasteiger partial charge >= 0.3 is 5.97 Å². The fourth-order valence-corrected chi connectivity index (χ4v) is 4.31. The van der Waals surface area contributed by atoms with E-state index in [1.54, 1.807) is 6.20 Å². The van der Waals surface area contributed by atoms with Gasteiger partial charge in [0.2, 0.25) is 23.6 Å². The molecule has 11 N–H and O–H groups in total. The number of fused-ring (bicyclic) bond motifs is 1. The van der Waals surface area contributed by atoms with Crippen LogP contribution < -0.4 is 27.4 Å². The molecule has 0 bridgehead atoms. The molecule has 14 heteroatoms. The number of phenolic OH excluding ortho intramolecular Hbond substituents is 1. The molecule has 224 valence electrons. The number of benzene rings is 2. The monoisotopic (exact) mass is 582 g/mol. The molecule has 4 amide bonds. The Hall–Kier alpha value is -4.95. The Balaban J connectivity index is 1.75. The van der Waals surface area contributed by atoms with Gasteiger partial charge in [0.05, 0.1) is 18.6 Å². The van der Waals surface area contributed by atoms with E-state index in [0.717, 1.165) is 16.5 Å². The number of rotatable bonds is 14. The minimum absolute atomic E-state index is 0.0444. The Morgan fingerprint density at radius 3 is 2.14 bits per heavy atom. The first-order chi connectivity index (χ1) is 19.8. The molecule has 0 spiro atoms. The van der Waals surface area contributed by atoms with Crippen molar-refractivity contribution in [1.82, 2.24) is 20.9 Å². The van der Waals surface area contributed by atoms with Crippen LogP contribution in [-0.4, -0.2) is 80.2 Å². The lowest BCUT2D eigenvalue weighted by molar-refractivity contribution is -0.143. The number of carbonyl (C=O) groups excluding carboxylic acids is 4. The molecule has 3 aromatic rings. The summed E-state index contributed by atoms with van der Waals surface area (Å²) in [7, 11) is 0. The summed E-state index contributed by atoms with van der Waals surface area (Å²) in [5, 5.41) is 37.2. The van der Waals surface area contributed by atoms with E-state index in [1.807, 2.05) is 24.3 Å². The van der Waals surface area contributed by atoms with Gasteiger partial charge in [0.15, 0.2) is 0 Å². The summed E-state index contributed by atoms with van der Waals surface area (Å²) in [4.78, 5) is 65.2. The second-order valence-electron chi connectivity index (χ2n) is 9.90. The maximum atomic E-state index is 13.2. The number of phenols is 1. The lowest BCUT2D eigenvalue weighted by Crippen LogP contribution is -2.60. The number of aliphatic hydroxyl groups excluding tert-OH is 1. The number of aliphatic hydroxyl groups is 1. The quantitative estimate of drug-likeness (QED) is 0.110. The highest BCUT2D eigenvalue weighted by molar-refractivity contribution is 5.95. The van der Waals surface area contributed by atoms with Crippen LogP contribution in [0.15, 0.2) is 54.7 Å². The van der Waals surface area contributed by atoms with E-state index in [-0.39, 0.29) is 18.6 Å². The average molecular weight is 583 g/mol. The first-order valence-corrected chi connectivity index (χ1v) is 13.0. The number of carbonyl (C=O) groups is 5. The molecule has 0 saturated carbocycles. The van der Waals surface area contributed by atoms with Crippen LogP contribution in [0, 0.1) is 0 Å². The van der Waals surface area contributed by atoms with Gasteiger partial charge in [-0.15, -0.1) is 0 Å². The number of aromatic hydroxyl groups is 1. The van der Waals surface area contributed by atoms with Crippen molar-refractivity contribution in [3.63, 3.8) is 0 Å². The normalized spacial score (nSPS) is 14.6. The lowest BCUT2D eigenvalue weighted by Gasteiger charge is -2.26. The van der Waals surface area contributed by atoms with Crippen LogP contribution in [0.3, 0.4) is 0 Å². The molecular weight excluding hydrogens is 548 g/mol. The standard InChI is InChI=1S/C28H34N6O8/c1-14(35)24(34-25(38)19(29)11-16-13-31-20-5-3-2-4-18(16)20)27(40)32-21(10-15-6-8-17(36)9-7-15)26(39)33-22(28(41)42)12-23(30)37/h2-9,13-14,19,21-22,24,31,35-36H,10-12,29H2,1H3,(H2,30,37)(H,32,40)(H,33,39)(H,34,38)(H,41,42). The van der Waals surface area contributed by atoms with E-state index in [9.17, 15) is 39.3 Å². The van der Waals surface area contributed by atoms with Gasteiger partial charge in [0.25, 0.3) is 0 Å². The van der Waals surface area contributed by atoms with Gasteiger partial charge in [-0.2, -0.15) is 0 Å². The Morgan fingerprint density at radius 1 is 0.881 bits per heavy atom. The predicted molar refractivity (Wildman–Crippen MR) is 151 cm³/mol. The largest absolute Gasteiger partial charge is 0.508 e. The molecule has 3 rings (SSSR count). The van der Waals surface area contributed by atoms with Gasteiger partial charge in [-0.25, -0.2) is 4.79 Å². The van der Waals surface area contributed by atoms with E-state index < -0.39 is 66.3 Å². The van der Waals surface area contributed by atoms with Crippen molar-refractivity contribution in [2.24, 2.45) is 11.5 Å². The summed E-state index contributed by atoms with van der Waals surface area (Å²) in [5.41, 5.74) is 13.3. The maximum absolute atomic E-state index is 13.2. The number of nitrogens with one attached hydrogen (secondary N) is 4. The minimum Gasteiger partial charge on any atom is -0.508 e. The number of aromatic nitrogens is 1. The number of hydrogen-bond acceptors (Lipinski definition) is 8. The molecule has 14 nitrogen and oxygen atoms in total. The van der Waals surface area contributed by atoms with Crippen molar-refractivity contribution < 1.29 is 39.3 Å². The van der Waals surface area contributed by atoms with E-state index in [0.29, 0.717) is 5.56 Å². The van der Waals surface area contributed by atoms with Gasteiger partial charge < -0.3 is 47.7 Å². The van der Waals surface area contributed by atoms with Gasteiger partial charge in [0, 0.05) is 23.5 Å². The average Bonchev–Trinajstić information content (AvgIpc) is 3.33. The van der Waals surface area contributed by atoms with Crippen molar-refractivity contribution in [3.05, 3.63) is 65.9 Å². The number of carboxylic acids is 1. The summed E-state index contributed by atoms with van der Waals surface area (Å²) in [6.45, 7) is 1.26. The highest BCUT2D eigenvalue weighted by Gasteiger charge is 2.33. The SMILES string of the molecule is CC(O)C(NC(=O)C(N)Cc1c[nH]c2ccccc12)C(=O)NC(Cc1ccc(O)cc1)C(=O)NC(CC(N)=O)C(=O)O. The van der Waals surface area contributed by atoms with Crippen molar-refractivity contribution >= 4 is 40.5 Å². The van der Waals surface area contributed by atoms with E-state index in [2.05, 4.69) is 20.9 Å². The fraction of sp³-hybridized carbons (Fsp3) is 0.321. The second kappa shape index (κ2) is 14.1. The molecule has 5 atom stereocenters. The molecule has 42 heavy (non-hydrogen) atoms. The summed E-state index contributed by atoms with van der Waals surface area (Å²) in [6.07, 6.45) is -0.408. The van der Waals surface area contributed by atoms with Crippen LogP contribution in [0.25, 0.3) is 10.9 Å². The van der Waals surface area contributed by atoms with Crippen molar-refractivity contribution in [3.8, 4) is 5.75 Å². The Bertz CT molecular complexity index is 1440. The van der Waals surface area contributed by atoms with Gasteiger partial charge in [-0.3, -0.25) is 19.2 Å². The number of carboxylic acid groups (broad SMARTS) is 1. The number of para-hydroxylation sites is 1. The Labute approximate surface area is 240 Å². The number of nitrogens with two attached hydrogens (primary N) is 2. The summed E-state index contributed by atoms with van der Waals surface area (Å²) >= 11 is 0. The molecule has 0 aliphatic heterocycles. The lowest BCUT2D eigenvalue weighted by atomic mass is 10.0. The zero-order valence-corrected chi connectivity index (χ0v) is 22.7. The van der Waals surface area contributed by atoms with Crippen LogP contribution in [0.5, 0.6) is 5.75 Å². The van der Waals surface area contributed by atoms with Crippen LogP contribution in [-0.2, 0) is 36.8 Å². The number of amides is 4. The highest BCUT2D eigenvalue weighted by atomic mass is 16.4. The number of H-pyrrole nitrogens is 1. The van der Waals surface area contributed by atoms with E-state index >= 15 is 0 Å². The van der Waals surface area contributed by atoms with E-state index in [4.69, 9.17) is 11.5 Å². The molecule has 0 aliphatic rings. The molecule has 0 radical (unpaired) electrons. The fourth-order valence-electron chi connectivity index (χ4n) is 4.31. The third kappa shape index (κ3) is 8.52. The smallest absolute Gasteiger partial charge is 0.326 e. The zero-order valence-electron chi connectivity index (χ0n) is 22.7. The van der Waals surface area contributed by atoms with Crippen LogP contribution in [0.2, 0.25) is 0 Å². The molecule has 1 aromatic heterocycles. The summed E-state index contributed by atoms with van der Waals surface area (Å²) in [6, 6.07) is 7.44. The number of primary amides is 1. The number of aliphatic carboxylic acids is 1. The maximum Gasteiger partial charge on any atom is 0.326 e. The molecule has 0 saturated heterocycles. The number of hydrogen-bond donors (Lipinski definition) is 9. The molecule has 5 unspecified atom stereocenters. The zero-order chi connectivity index (χ0) is 31.0. The second-order valence-corrected chi connectivity index (χ2v) is 9.90. The van der Waals surface area contributed by atoms with E-state index in [1.165, 1.54) is 31.2 Å². The topological polar surface area (TPSA) is 250 Å². The first-order valence-electron chi connectivity index (χ1n) is 13.0. The minimum atomic E-state index is -1.66. The molecule has 1 heterocycles. The van der Waals surface area contributed by atoms with Crippen molar-refractivity contribution in [2.75, 3.05) is 0 Å². The van der Waals surface area contributed by atoms with Crippen LogP contribution >= 0.6 is 0 Å². The Morgan fingerprint density at radius 2 is 1.52 bits per heavy atom. The van der Waals surface area contributed by atoms with Crippen LogP contribution in [0.1, 0.15) is 24.5 Å². The first kappa shape index (κ1) is 31.6. The predicted octanol–water partition coefficient (Wildman–Crippen LogP) is -1.22. The Kier molecular flexibility index (Phi) is 10.6. The number of aromatic amines is 1. The molecule has 0 fully saturated rings. The van der Waals surface area contributed by atoms with Gasteiger partial charge in [-0.1, -0.05) is 30.3 Å². The van der Waals surface area contributed by atoms with Crippen molar-refractivity contribution in [1.29, 1.82) is 0 Å². The third-order valence-electron chi connectivity index (χ3n) is 6.54.